The molecule has 2 atom stereocenters. The third-order valence-corrected chi connectivity index (χ3v) is 9.09. The first-order valence-corrected chi connectivity index (χ1v) is 13.4. The number of hydrogen-bond donors (Lipinski definition) is 2. The van der Waals surface area contributed by atoms with Crippen LogP contribution in [0.3, 0.4) is 0 Å². The Labute approximate surface area is 198 Å². The van der Waals surface area contributed by atoms with Crippen molar-refractivity contribution >= 4 is 38.2 Å². The van der Waals surface area contributed by atoms with Gasteiger partial charge in [0.2, 0.25) is 10.0 Å². The van der Waals surface area contributed by atoms with Crippen molar-refractivity contribution in [3.63, 3.8) is 0 Å². The minimum absolute atomic E-state index is 0.126. The fraction of sp³-hybridized carbons (Fsp3) is 0.478. The van der Waals surface area contributed by atoms with Gasteiger partial charge in [-0.1, -0.05) is 6.42 Å². The molecule has 1 aromatic carbocycles. The van der Waals surface area contributed by atoms with E-state index in [4.69, 9.17) is 10.5 Å². The molecule has 2 heterocycles. The van der Waals surface area contributed by atoms with E-state index in [0.29, 0.717) is 16.1 Å². The van der Waals surface area contributed by atoms with Crippen molar-refractivity contribution in [1.82, 2.24) is 4.31 Å². The van der Waals surface area contributed by atoms with Gasteiger partial charge in [-0.3, -0.25) is 9.59 Å². The molecular weight excluding hydrogens is 462 g/mol. The van der Waals surface area contributed by atoms with Crippen molar-refractivity contribution in [2.75, 3.05) is 18.4 Å². The Morgan fingerprint density at radius 1 is 1.06 bits per heavy atom. The molecule has 3 N–H and O–H groups in total. The number of nitrogens with one attached hydrogen (secondary N) is 1. The van der Waals surface area contributed by atoms with E-state index < -0.39 is 21.8 Å². The molecule has 1 aromatic heterocycles. The number of ether oxygens (including phenoxy) is 1. The van der Waals surface area contributed by atoms with Gasteiger partial charge in [0.25, 0.3) is 11.8 Å². The average Bonchev–Trinajstić information content (AvgIpc) is 2.94. The molecule has 1 aliphatic heterocycles. The summed E-state index contributed by atoms with van der Waals surface area (Å²) in [5.41, 5.74) is 7.30. The van der Waals surface area contributed by atoms with Crippen molar-refractivity contribution in [2.45, 2.75) is 63.1 Å². The number of morpholine rings is 1. The number of thiophene rings is 1. The van der Waals surface area contributed by atoms with Gasteiger partial charge in [-0.05, 0) is 69.4 Å². The molecule has 1 aliphatic carbocycles. The van der Waals surface area contributed by atoms with E-state index in [9.17, 15) is 18.0 Å². The fourth-order valence-corrected chi connectivity index (χ4v) is 7.40. The van der Waals surface area contributed by atoms with Crippen LogP contribution in [0, 0.1) is 0 Å². The number of sulfonamides is 1. The van der Waals surface area contributed by atoms with Crippen LogP contribution in [0.5, 0.6) is 0 Å². The van der Waals surface area contributed by atoms with Gasteiger partial charge in [0, 0.05) is 23.5 Å². The Balaban J connectivity index is 1.53. The van der Waals surface area contributed by atoms with Crippen molar-refractivity contribution in [3.8, 4) is 0 Å². The molecule has 33 heavy (non-hydrogen) atoms. The monoisotopic (exact) mass is 491 g/mol. The number of anilines is 1. The molecule has 2 amide bonds. The molecule has 1 fully saturated rings. The Morgan fingerprint density at radius 2 is 1.70 bits per heavy atom. The molecule has 178 valence electrons. The average molecular weight is 492 g/mol. The zero-order valence-corrected chi connectivity index (χ0v) is 20.4. The second kappa shape index (κ2) is 9.54. The minimum Gasteiger partial charge on any atom is -0.373 e. The fourth-order valence-electron chi connectivity index (χ4n) is 4.52. The molecule has 0 unspecified atom stereocenters. The molecule has 2 aromatic rings. The second-order valence-electron chi connectivity index (χ2n) is 8.69. The summed E-state index contributed by atoms with van der Waals surface area (Å²) in [7, 11) is -3.69. The number of carbonyl (C=O) groups is 2. The van der Waals surface area contributed by atoms with Crippen molar-refractivity contribution in [2.24, 2.45) is 5.73 Å². The summed E-state index contributed by atoms with van der Waals surface area (Å²) in [5.74, 6) is -0.952. The number of amides is 2. The summed E-state index contributed by atoms with van der Waals surface area (Å²) < 4.78 is 33.1. The van der Waals surface area contributed by atoms with Gasteiger partial charge in [0.1, 0.15) is 5.00 Å². The predicted molar refractivity (Wildman–Crippen MR) is 127 cm³/mol. The summed E-state index contributed by atoms with van der Waals surface area (Å²) in [6.45, 7) is 4.26. The molecule has 1 saturated heterocycles. The Morgan fingerprint density at radius 3 is 2.33 bits per heavy atom. The molecule has 0 bridgehead atoms. The zero-order chi connectivity index (χ0) is 23.8. The lowest BCUT2D eigenvalue weighted by Crippen LogP contribution is -2.48. The van der Waals surface area contributed by atoms with Gasteiger partial charge in [-0.25, -0.2) is 8.42 Å². The smallest absolute Gasteiger partial charge is 0.256 e. The number of hydrogen-bond acceptors (Lipinski definition) is 6. The van der Waals surface area contributed by atoms with Crippen LogP contribution in [0.25, 0.3) is 0 Å². The lowest BCUT2D eigenvalue weighted by atomic mass is 10.1. The number of carbonyl (C=O) groups excluding carboxylic acids is 2. The van der Waals surface area contributed by atoms with Crippen LogP contribution in [-0.2, 0) is 27.6 Å². The highest BCUT2D eigenvalue weighted by Crippen LogP contribution is 2.37. The normalized spacial score (nSPS) is 21.8. The molecule has 2 aliphatic rings. The van der Waals surface area contributed by atoms with Crippen LogP contribution in [-0.4, -0.2) is 49.8 Å². The van der Waals surface area contributed by atoms with Gasteiger partial charge in [-0.15, -0.1) is 11.3 Å². The van der Waals surface area contributed by atoms with Crippen LogP contribution in [0.1, 0.15) is 64.3 Å². The lowest BCUT2D eigenvalue weighted by molar-refractivity contribution is -0.0440. The first-order valence-electron chi connectivity index (χ1n) is 11.2. The molecule has 0 radical (unpaired) electrons. The molecule has 4 rings (SSSR count). The van der Waals surface area contributed by atoms with E-state index in [1.54, 1.807) is 0 Å². The summed E-state index contributed by atoms with van der Waals surface area (Å²) in [6.07, 6.45) is 4.44. The molecular formula is C23H29N3O5S2. The van der Waals surface area contributed by atoms with E-state index in [2.05, 4.69) is 5.32 Å². The predicted octanol–water partition coefficient (Wildman–Crippen LogP) is 3.17. The van der Waals surface area contributed by atoms with E-state index in [1.807, 2.05) is 13.8 Å². The van der Waals surface area contributed by atoms with Gasteiger partial charge in [0.05, 0.1) is 22.7 Å². The summed E-state index contributed by atoms with van der Waals surface area (Å²) in [6, 6.07) is 5.84. The van der Waals surface area contributed by atoms with Crippen LogP contribution in [0.15, 0.2) is 29.2 Å². The first kappa shape index (κ1) is 23.9. The van der Waals surface area contributed by atoms with Crippen LogP contribution in [0.2, 0.25) is 0 Å². The SMILES string of the molecule is C[C@H]1CN(S(=O)(=O)c2ccc(C(=O)Nc3sc4c(c3C(N)=O)CCCCC4)cc2)C[C@H](C)O1. The Kier molecular flexibility index (Phi) is 6.90. The highest BCUT2D eigenvalue weighted by Gasteiger charge is 2.32. The maximum Gasteiger partial charge on any atom is 0.256 e. The van der Waals surface area contributed by atoms with E-state index in [0.717, 1.165) is 42.5 Å². The largest absolute Gasteiger partial charge is 0.373 e. The number of benzene rings is 1. The maximum absolute atomic E-state index is 13.0. The molecule has 0 spiro atoms. The summed E-state index contributed by atoms with van der Waals surface area (Å²) in [5, 5.41) is 3.29. The van der Waals surface area contributed by atoms with Gasteiger partial charge in [0.15, 0.2) is 0 Å². The molecule has 10 heteroatoms. The number of fused-ring (bicyclic) bond motifs is 1. The molecule has 0 saturated carbocycles. The van der Waals surface area contributed by atoms with E-state index in [-0.39, 0.29) is 30.2 Å². The number of nitrogens with two attached hydrogens (primary N) is 1. The van der Waals surface area contributed by atoms with Crippen molar-refractivity contribution in [3.05, 3.63) is 45.8 Å². The van der Waals surface area contributed by atoms with Gasteiger partial charge >= 0.3 is 0 Å². The number of aryl methyl sites for hydroxylation is 1. The van der Waals surface area contributed by atoms with Crippen LogP contribution in [0.4, 0.5) is 5.00 Å². The third kappa shape index (κ3) is 4.98. The highest BCUT2D eigenvalue weighted by atomic mass is 32.2. The zero-order valence-electron chi connectivity index (χ0n) is 18.8. The van der Waals surface area contributed by atoms with Gasteiger partial charge in [-0.2, -0.15) is 4.31 Å². The Hall–Kier alpha value is -2.27. The van der Waals surface area contributed by atoms with Gasteiger partial charge < -0.3 is 15.8 Å². The van der Waals surface area contributed by atoms with Crippen molar-refractivity contribution < 1.29 is 22.7 Å². The van der Waals surface area contributed by atoms with E-state index in [1.165, 1.54) is 39.9 Å². The first-order chi connectivity index (χ1) is 15.7. The highest BCUT2D eigenvalue weighted by molar-refractivity contribution is 7.89. The second-order valence-corrected chi connectivity index (χ2v) is 11.7. The number of nitrogens with zero attached hydrogens (tertiary/aromatic N) is 1. The molecule has 8 nitrogen and oxygen atoms in total. The summed E-state index contributed by atoms with van der Waals surface area (Å²) in [4.78, 5) is 26.2. The minimum atomic E-state index is -3.69. The van der Waals surface area contributed by atoms with Crippen molar-refractivity contribution in [1.29, 1.82) is 0 Å². The Bertz CT molecular complexity index is 1150. The topological polar surface area (TPSA) is 119 Å². The standard InChI is InChI=1S/C23H29N3O5S2/c1-14-12-26(13-15(2)31-14)33(29,30)17-10-8-16(9-11-17)22(28)25-23-20(21(24)27)18-6-4-3-5-7-19(18)32-23/h8-11,14-15H,3-7,12-13H2,1-2H3,(H2,24,27)(H,25,28)/t14-,15-/m0/s1. The van der Waals surface area contributed by atoms with Crippen LogP contribution < -0.4 is 11.1 Å². The quantitative estimate of drug-likeness (QED) is 0.623. The van der Waals surface area contributed by atoms with E-state index >= 15 is 0 Å². The lowest BCUT2D eigenvalue weighted by Gasteiger charge is -2.34. The number of primary amides is 1. The third-order valence-electron chi connectivity index (χ3n) is 6.04. The maximum atomic E-state index is 13.0. The summed E-state index contributed by atoms with van der Waals surface area (Å²) >= 11 is 1.41. The number of rotatable bonds is 5. The van der Waals surface area contributed by atoms with Crippen LogP contribution >= 0.6 is 11.3 Å².